The summed E-state index contributed by atoms with van der Waals surface area (Å²) in [7, 11) is 0. The van der Waals surface area contributed by atoms with E-state index in [9.17, 15) is 9.59 Å². The van der Waals surface area contributed by atoms with Crippen LogP contribution in [0.25, 0.3) is 0 Å². The number of ether oxygens (including phenoxy) is 2. The Morgan fingerprint density at radius 3 is 1.65 bits per heavy atom. The van der Waals surface area contributed by atoms with Crippen molar-refractivity contribution in [3.63, 3.8) is 0 Å². The lowest BCUT2D eigenvalue weighted by Crippen LogP contribution is -2.15. The Bertz CT molecular complexity index is 257. The van der Waals surface area contributed by atoms with E-state index >= 15 is 0 Å². The van der Waals surface area contributed by atoms with Gasteiger partial charge in [0.25, 0.3) is 0 Å². The third-order valence-electron chi connectivity index (χ3n) is 1.86. The van der Waals surface area contributed by atoms with Gasteiger partial charge in [0.05, 0.1) is 19.6 Å². The summed E-state index contributed by atoms with van der Waals surface area (Å²) in [6, 6.07) is 0. The molecule has 0 radical (unpaired) electrons. The number of hydrogen-bond donors (Lipinski definition) is 0. The lowest BCUT2D eigenvalue weighted by atomic mass is 9.93. The van der Waals surface area contributed by atoms with Crippen molar-refractivity contribution in [1.29, 1.82) is 0 Å². The van der Waals surface area contributed by atoms with Crippen molar-refractivity contribution in [2.45, 2.75) is 61.3 Å². The molecule has 0 saturated heterocycles. The van der Waals surface area contributed by atoms with Crippen LogP contribution < -0.4 is 0 Å². The summed E-state index contributed by atoms with van der Waals surface area (Å²) in [6.45, 7) is 14.7. The molecule has 0 rings (SSSR count). The summed E-state index contributed by atoms with van der Waals surface area (Å²) < 4.78 is 9.49. The summed E-state index contributed by atoms with van der Waals surface area (Å²) in [5.41, 5.74) is 0.0479. The highest BCUT2D eigenvalue weighted by molar-refractivity contribution is 8.93. The van der Waals surface area contributed by atoms with Crippen LogP contribution in [0.2, 0.25) is 0 Å². The second-order valence-corrected chi connectivity index (χ2v) is 5.95. The van der Waals surface area contributed by atoms with Crippen LogP contribution >= 0.6 is 17.0 Å². The molecule has 0 bridgehead atoms. The molecule has 0 spiro atoms. The standard InChI is InChI=1S/C8H16O2.C7H14O2.BrH/c1-5-10-7(9)6-8(2,3)4;1-4-9-7(8)5-6(2)3;/h5-6H2,1-4H3;6H,4-5H2,1-3H3;1H. The zero-order valence-electron chi connectivity index (χ0n) is 13.9. The lowest BCUT2D eigenvalue weighted by molar-refractivity contribution is -0.145. The van der Waals surface area contributed by atoms with E-state index in [1.165, 1.54) is 0 Å². The van der Waals surface area contributed by atoms with Gasteiger partial charge < -0.3 is 9.47 Å². The van der Waals surface area contributed by atoms with Crippen molar-refractivity contribution in [3.8, 4) is 0 Å². The van der Waals surface area contributed by atoms with Crippen molar-refractivity contribution >= 4 is 28.9 Å². The highest BCUT2D eigenvalue weighted by atomic mass is 79.9. The molecule has 5 heteroatoms. The van der Waals surface area contributed by atoms with Crippen molar-refractivity contribution in [2.75, 3.05) is 13.2 Å². The highest BCUT2D eigenvalue weighted by Crippen LogP contribution is 2.18. The largest absolute Gasteiger partial charge is 0.466 e. The van der Waals surface area contributed by atoms with E-state index in [1.54, 1.807) is 0 Å². The summed E-state index contributed by atoms with van der Waals surface area (Å²) >= 11 is 0. The van der Waals surface area contributed by atoms with Crippen molar-refractivity contribution in [1.82, 2.24) is 0 Å². The van der Waals surface area contributed by atoms with Gasteiger partial charge in [0, 0.05) is 6.42 Å². The maximum Gasteiger partial charge on any atom is 0.306 e. The highest BCUT2D eigenvalue weighted by Gasteiger charge is 2.16. The third-order valence-corrected chi connectivity index (χ3v) is 1.86. The fourth-order valence-electron chi connectivity index (χ4n) is 1.20. The lowest BCUT2D eigenvalue weighted by Gasteiger charge is -2.15. The maximum absolute atomic E-state index is 10.8. The Labute approximate surface area is 134 Å². The summed E-state index contributed by atoms with van der Waals surface area (Å²) in [5, 5.41) is 0. The molecule has 122 valence electrons. The van der Waals surface area contributed by atoms with E-state index in [2.05, 4.69) is 0 Å². The van der Waals surface area contributed by atoms with E-state index in [4.69, 9.17) is 9.47 Å². The van der Waals surface area contributed by atoms with Gasteiger partial charge >= 0.3 is 11.9 Å². The van der Waals surface area contributed by atoms with Gasteiger partial charge in [-0.15, -0.1) is 17.0 Å². The molecule has 0 amide bonds. The minimum atomic E-state index is -0.102. The van der Waals surface area contributed by atoms with Crippen LogP contribution in [-0.2, 0) is 19.1 Å². The normalized spacial score (nSPS) is 10.0. The maximum atomic E-state index is 10.8. The van der Waals surface area contributed by atoms with E-state index in [0.717, 1.165) is 0 Å². The van der Waals surface area contributed by atoms with E-state index in [1.807, 2.05) is 48.5 Å². The molecule has 0 saturated carbocycles. The minimum absolute atomic E-state index is 0. The van der Waals surface area contributed by atoms with Gasteiger partial charge in [0.2, 0.25) is 0 Å². The zero-order valence-corrected chi connectivity index (χ0v) is 15.7. The van der Waals surface area contributed by atoms with Crippen molar-refractivity contribution in [2.24, 2.45) is 11.3 Å². The first-order valence-corrected chi connectivity index (χ1v) is 6.93. The average Bonchev–Trinajstić information content (AvgIpc) is 2.14. The SMILES string of the molecule is Br.CCOC(=O)CC(C)(C)C.CCOC(=O)CC(C)C. The monoisotopic (exact) mass is 354 g/mol. The number of rotatable bonds is 5. The molecular weight excluding hydrogens is 324 g/mol. The third kappa shape index (κ3) is 22.6. The quantitative estimate of drug-likeness (QED) is 0.695. The summed E-state index contributed by atoms with van der Waals surface area (Å²) in [6.07, 6.45) is 1.04. The molecule has 0 aromatic rings. The Morgan fingerprint density at radius 1 is 0.950 bits per heavy atom. The summed E-state index contributed by atoms with van der Waals surface area (Å²) in [5.74, 6) is 0.214. The predicted octanol–water partition coefficient (Wildman–Crippen LogP) is 4.16. The minimum Gasteiger partial charge on any atom is -0.466 e. The zero-order chi connectivity index (χ0) is 15.5. The van der Waals surface area contributed by atoms with Gasteiger partial charge in [0.1, 0.15) is 0 Å². The Morgan fingerprint density at radius 2 is 1.35 bits per heavy atom. The smallest absolute Gasteiger partial charge is 0.306 e. The molecule has 0 aromatic carbocycles. The second kappa shape index (κ2) is 13.4. The first-order valence-electron chi connectivity index (χ1n) is 6.93. The van der Waals surface area contributed by atoms with Gasteiger partial charge in [-0.1, -0.05) is 34.6 Å². The first kappa shape index (κ1) is 24.4. The number of halogens is 1. The Hall–Kier alpha value is -0.580. The van der Waals surface area contributed by atoms with Crippen molar-refractivity contribution in [3.05, 3.63) is 0 Å². The van der Waals surface area contributed by atoms with Crippen LogP contribution in [0.4, 0.5) is 0 Å². The van der Waals surface area contributed by atoms with Gasteiger partial charge in [0.15, 0.2) is 0 Å². The van der Waals surface area contributed by atoms with Gasteiger partial charge in [-0.05, 0) is 25.2 Å². The predicted molar refractivity (Wildman–Crippen MR) is 87.1 cm³/mol. The van der Waals surface area contributed by atoms with Gasteiger partial charge in [-0.2, -0.15) is 0 Å². The molecule has 0 aromatic heterocycles. The van der Waals surface area contributed by atoms with E-state index in [-0.39, 0.29) is 34.3 Å². The van der Waals surface area contributed by atoms with Gasteiger partial charge in [-0.25, -0.2) is 0 Å². The molecule has 0 fully saturated rings. The van der Waals surface area contributed by atoms with Crippen LogP contribution in [0, 0.1) is 11.3 Å². The molecule has 0 aliphatic rings. The average molecular weight is 355 g/mol. The molecule has 0 unspecified atom stereocenters. The van der Waals surface area contributed by atoms with Crippen LogP contribution in [-0.4, -0.2) is 25.2 Å². The molecular formula is C15H31BrO4. The number of hydrogen-bond acceptors (Lipinski definition) is 4. The van der Waals surface area contributed by atoms with Crippen molar-refractivity contribution < 1.29 is 19.1 Å². The Kier molecular flexibility index (Phi) is 16.4. The molecule has 0 atom stereocenters. The fraction of sp³-hybridized carbons (Fsp3) is 0.867. The Balaban J connectivity index is -0.000000277. The molecule has 0 aliphatic carbocycles. The number of carbonyl (C=O) groups is 2. The molecule has 4 nitrogen and oxygen atoms in total. The second-order valence-electron chi connectivity index (χ2n) is 5.95. The molecule has 0 N–H and O–H groups in total. The number of carbonyl (C=O) groups excluding carboxylic acids is 2. The van der Waals surface area contributed by atoms with E-state index in [0.29, 0.717) is 32.0 Å². The van der Waals surface area contributed by atoms with E-state index < -0.39 is 0 Å². The van der Waals surface area contributed by atoms with Crippen LogP contribution in [0.1, 0.15) is 61.3 Å². The van der Waals surface area contributed by atoms with Crippen LogP contribution in [0.5, 0.6) is 0 Å². The molecule has 20 heavy (non-hydrogen) atoms. The van der Waals surface area contributed by atoms with Gasteiger partial charge in [-0.3, -0.25) is 9.59 Å². The van der Waals surface area contributed by atoms with Crippen LogP contribution in [0.15, 0.2) is 0 Å². The fourth-order valence-corrected chi connectivity index (χ4v) is 1.20. The number of esters is 2. The topological polar surface area (TPSA) is 52.6 Å². The molecule has 0 aliphatic heterocycles. The molecule has 0 heterocycles. The van der Waals surface area contributed by atoms with Crippen LogP contribution in [0.3, 0.4) is 0 Å². The first-order chi connectivity index (χ1) is 8.62. The summed E-state index contributed by atoms with van der Waals surface area (Å²) in [4.78, 5) is 21.5.